The van der Waals surface area contributed by atoms with Crippen molar-refractivity contribution in [2.45, 2.75) is 70.7 Å². The zero-order valence-electron chi connectivity index (χ0n) is 12.9. The van der Waals surface area contributed by atoms with Crippen LogP contribution >= 0.6 is 0 Å². The van der Waals surface area contributed by atoms with Crippen LogP contribution in [0.1, 0.15) is 58.2 Å². The lowest BCUT2D eigenvalue weighted by molar-refractivity contribution is 0.0487. The number of amides is 1. The molecule has 2 rings (SSSR count). The molecule has 0 saturated heterocycles. The smallest absolute Gasteiger partial charge is 0.407 e. The molecule has 0 aromatic carbocycles. The number of alkyl carbamates (subject to hydrolysis) is 1. The summed E-state index contributed by atoms with van der Waals surface area (Å²) in [6.07, 6.45) is 5.06. The minimum atomic E-state index is -0.470. The first-order valence-corrected chi connectivity index (χ1v) is 7.38. The fourth-order valence-corrected chi connectivity index (χ4v) is 2.52. The van der Waals surface area contributed by atoms with Crippen molar-refractivity contribution in [3.8, 4) is 0 Å². The molecule has 0 aliphatic heterocycles. The van der Waals surface area contributed by atoms with E-state index < -0.39 is 5.60 Å². The molecule has 2 N–H and O–H groups in total. The number of hydrogen-bond donors (Lipinski definition) is 2. The summed E-state index contributed by atoms with van der Waals surface area (Å²) in [5.41, 5.74) is 0.118. The van der Waals surface area contributed by atoms with Gasteiger partial charge in [-0.1, -0.05) is 5.21 Å². The highest BCUT2D eigenvalue weighted by molar-refractivity contribution is 5.68. The molecule has 7 heteroatoms. The Hall–Kier alpha value is -1.63. The maximum absolute atomic E-state index is 11.7. The highest BCUT2D eigenvalue weighted by atomic mass is 16.6. The Bertz CT molecular complexity index is 473. The van der Waals surface area contributed by atoms with Gasteiger partial charge in [-0.15, -0.1) is 5.10 Å². The van der Waals surface area contributed by atoms with Crippen LogP contribution < -0.4 is 5.32 Å². The van der Waals surface area contributed by atoms with E-state index in [0.717, 1.165) is 25.7 Å². The van der Waals surface area contributed by atoms with Crippen LogP contribution in [-0.4, -0.2) is 37.8 Å². The van der Waals surface area contributed by atoms with Crippen LogP contribution in [0.15, 0.2) is 6.20 Å². The summed E-state index contributed by atoms with van der Waals surface area (Å²) in [6.45, 7) is 5.47. The molecule has 0 bridgehead atoms. The van der Waals surface area contributed by atoms with Crippen molar-refractivity contribution in [1.29, 1.82) is 0 Å². The first-order chi connectivity index (χ1) is 9.87. The molecule has 1 heterocycles. The second kappa shape index (κ2) is 6.43. The molecule has 0 unspecified atom stereocenters. The minimum Gasteiger partial charge on any atom is -0.444 e. The van der Waals surface area contributed by atoms with Gasteiger partial charge in [0.2, 0.25) is 0 Å². The number of aliphatic hydroxyl groups is 1. The lowest BCUT2D eigenvalue weighted by Gasteiger charge is -2.29. The van der Waals surface area contributed by atoms with E-state index >= 15 is 0 Å². The molecule has 21 heavy (non-hydrogen) atoms. The maximum Gasteiger partial charge on any atom is 0.407 e. The van der Waals surface area contributed by atoms with Gasteiger partial charge < -0.3 is 15.2 Å². The predicted molar refractivity (Wildman–Crippen MR) is 76.6 cm³/mol. The zero-order valence-corrected chi connectivity index (χ0v) is 12.9. The number of hydrogen-bond acceptors (Lipinski definition) is 5. The molecule has 118 valence electrons. The highest BCUT2D eigenvalue weighted by Crippen LogP contribution is 2.28. The van der Waals surface area contributed by atoms with Crippen LogP contribution in [0.3, 0.4) is 0 Å². The molecule has 0 spiro atoms. The van der Waals surface area contributed by atoms with Crippen molar-refractivity contribution < 1.29 is 14.6 Å². The van der Waals surface area contributed by atoms with E-state index in [4.69, 9.17) is 9.84 Å². The third-order valence-corrected chi connectivity index (χ3v) is 3.51. The van der Waals surface area contributed by atoms with Crippen molar-refractivity contribution in [2.75, 3.05) is 0 Å². The Morgan fingerprint density at radius 3 is 2.62 bits per heavy atom. The average Bonchev–Trinajstić information content (AvgIpc) is 2.86. The summed E-state index contributed by atoms with van der Waals surface area (Å²) in [4.78, 5) is 11.7. The minimum absolute atomic E-state index is 0.0878. The summed E-state index contributed by atoms with van der Waals surface area (Å²) >= 11 is 0. The van der Waals surface area contributed by atoms with Gasteiger partial charge in [0.25, 0.3) is 0 Å². The van der Waals surface area contributed by atoms with Gasteiger partial charge in [0.1, 0.15) is 11.3 Å². The van der Waals surface area contributed by atoms with Gasteiger partial charge >= 0.3 is 6.09 Å². The molecule has 1 aromatic heterocycles. The summed E-state index contributed by atoms with van der Waals surface area (Å²) in [6, 6.07) is 0.437. The van der Waals surface area contributed by atoms with Gasteiger partial charge in [-0.3, -0.25) is 0 Å². The summed E-state index contributed by atoms with van der Waals surface area (Å²) < 4.78 is 7.08. The van der Waals surface area contributed by atoms with Crippen molar-refractivity contribution in [3.05, 3.63) is 11.9 Å². The zero-order chi connectivity index (χ0) is 15.5. The fraction of sp³-hybridized carbons (Fsp3) is 0.786. The number of ether oxygens (including phenoxy) is 1. The number of rotatable bonds is 3. The highest BCUT2D eigenvalue weighted by Gasteiger charge is 2.26. The summed E-state index contributed by atoms with van der Waals surface area (Å²) in [5, 5.41) is 19.9. The second-order valence-electron chi connectivity index (χ2n) is 6.50. The number of aliphatic hydroxyl groups excluding tert-OH is 1. The molecule has 1 fully saturated rings. The van der Waals surface area contributed by atoms with Crippen molar-refractivity contribution in [3.63, 3.8) is 0 Å². The third kappa shape index (κ3) is 4.70. The first-order valence-electron chi connectivity index (χ1n) is 7.38. The van der Waals surface area contributed by atoms with E-state index in [1.807, 2.05) is 25.5 Å². The number of aromatic nitrogens is 3. The molecule has 0 atom stereocenters. The Kier molecular flexibility index (Phi) is 4.82. The van der Waals surface area contributed by atoms with Crippen molar-refractivity contribution in [1.82, 2.24) is 20.3 Å². The number of carbonyl (C=O) groups excluding carboxylic acids is 1. The number of carbonyl (C=O) groups is 1. The molecule has 1 amide bonds. The monoisotopic (exact) mass is 296 g/mol. The molecule has 1 saturated carbocycles. The largest absolute Gasteiger partial charge is 0.444 e. The predicted octanol–water partition coefficient (Wildman–Crippen LogP) is 1.78. The van der Waals surface area contributed by atoms with E-state index in [0.29, 0.717) is 5.69 Å². The molecule has 7 nitrogen and oxygen atoms in total. The van der Waals surface area contributed by atoms with Crippen LogP contribution in [0.5, 0.6) is 0 Å². The van der Waals surface area contributed by atoms with Gasteiger partial charge in [-0.25, -0.2) is 9.48 Å². The molecule has 1 aromatic rings. The van der Waals surface area contributed by atoms with Gasteiger partial charge in [0.15, 0.2) is 0 Å². The number of nitrogens with zero attached hydrogens (tertiary/aromatic N) is 3. The van der Waals surface area contributed by atoms with Crippen LogP contribution in [-0.2, 0) is 11.3 Å². The van der Waals surface area contributed by atoms with Crippen LogP contribution in [0.4, 0.5) is 4.79 Å². The maximum atomic E-state index is 11.7. The van der Waals surface area contributed by atoms with E-state index in [2.05, 4.69) is 15.6 Å². The molecule has 1 aliphatic rings. The lowest BCUT2D eigenvalue weighted by atomic mass is 9.91. The van der Waals surface area contributed by atoms with Crippen LogP contribution in [0, 0.1) is 0 Å². The van der Waals surface area contributed by atoms with Crippen LogP contribution in [0.25, 0.3) is 0 Å². The molecule has 0 radical (unpaired) electrons. The Balaban J connectivity index is 1.79. The van der Waals surface area contributed by atoms with E-state index in [9.17, 15) is 4.79 Å². The van der Waals surface area contributed by atoms with Crippen molar-refractivity contribution in [2.24, 2.45) is 0 Å². The average molecular weight is 296 g/mol. The normalized spacial score (nSPS) is 22.9. The Morgan fingerprint density at radius 2 is 2.10 bits per heavy atom. The van der Waals surface area contributed by atoms with E-state index in [1.54, 1.807) is 6.20 Å². The van der Waals surface area contributed by atoms with E-state index in [1.165, 1.54) is 0 Å². The SMILES string of the molecule is CC(C)(C)OC(=O)NC1CCC(n2cc(CO)nn2)CC1. The quantitative estimate of drug-likeness (QED) is 0.887. The van der Waals surface area contributed by atoms with Gasteiger partial charge in [0.05, 0.1) is 18.8 Å². The molecular formula is C14H24N4O3. The van der Waals surface area contributed by atoms with Gasteiger partial charge in [-0.2, -0.15) is 0 Å². The van der Waals surface area contributed by atoms with Gasteiger partial charge in [-0.05, 0) is 46.5 Å². The lowest BCUT2D eigenvalue weighted by Crippen LogP contribution is -2.41. The standard InChI is InChI=1S/C14H24N4O3/c1-14(2,3)21-13(20)15-10-4-6-12(7-5-10)18-8-11(9-19)16-17-18/h8,10,12,19H,4-7,9H2,1-3H3,(H,15,20). The number of nitrogens with one attached hydrogen (secondary N) is 1. The molecular weight excluding hydrogens is 272 g/mol. The Morgan fingerprint density at radius 1 is 1.43 bits per heavy atom. The fourth-order valence-electron chi connectivity index (χ4n) is 2.52. The Labute approximate surface area is 124 Å². The third-order valence-electron chi connectivity index (χ3n) is 3.51. The van der Waals surface area contributed by atoms with Gasteiger partial charge in [0, 0.05) is 6.04 Å². The van der Waals surface area contributed by atoms with E-state index in [-0.39, 0.29) is 24.8 Å². The van der Waals surface area contributed by atoms with Crippen LogP contribution in [0.2, 0.25) is 0 Å². The summed E-state index contributed by atoms with van der Waals surface area (Å²) in [5.74, 6) is 0. The van der Waals surface area contributed by atoms with Crippen molar-refractivity contribution >= 4 is 6.09 Å². The first kappa shape index (κ1) is 15.8. The summed E-state index contributed by atoms with van der Waals surface area (Å²) in [7, 11) is 0. The molecule has 1 aliphatic carbocycles. The topological polar surface area (TPSA) is 89.3 Å². The second-order valence-corrected chi connectivity index (χ2v) is 6.50.